The van der Waals surface area contributed by atoms with E-state index in [2.05, 4.69) is 40.5 Å². The van der Waals surface area contributed by atoms with Crippen LogP contribution in [-0.2, 0) is 6.54 Å². The summed E-state index contributed by atoms with van der Waals surface area (Å²) in [6.45, 7) is 4.55. The summed E-state index contributed by atoms with van der Waals surface area (Å²) in [7, 11) is 0. The molecule has 16 heavy (non-hydrogen) atoms. The minimum Gasteiger partial charge on any atom is -0.300 e. The van der Waals surface area contributed by atoms with Gasteiger partial charge in [-0.2, -0.15) is 0 Å². The first-order valence-electron chi connectivity index (χ1n) is 5.92. The van der Waals surface area contributed by atoms with Gasteiger partial charge in [-0.3, -0.25) is 4.90 Å². The molecule has 1 N–H and O–H groups in total. The Morgan fingerprint density at radius 3 is 2.38 bits per heavy atom. The quantitative estimate of drug-likeness (QED) is 0.871. The highest BCUT2D eigenvalue weighted by atomic mass is 35.5. The minimum atomic E-state index is 0. The number of nitrogens with one attached hydrogen (secondary N) is 1. The van der Waals surface area contributed by atoms with E-state index in [4.69, 9.17) is 0 Å². The average molecular weight is 241 g/mol. The highest BCUT2D eigenvalue weighted by Gasteiger charge is 2.08. The van der Waals surface area contributed by atoms with Gasteiger partial charge in [-0.05, 0) is 31.5 Å². The Labute approximate surface area is 104 Å². The van der Waals surface area contributed by atoms with Crippen molar-refractivity contribution in [2.75, 3.05) is 19.8 Å². The first-order valence-corrected chi connectivity index (χ1v) is 5.92. The summed E-state index contributed by atoms with van der Waals surface area (Å²) in [5.41, 5.74) is 1.37. The zero-order valence-electron chi connectivity index (χ0n) is 9.69. The van der Waals surface area contributed by atoms with Crippen LogP contribution in [0.1, 0.15) is 24.8 Å². The van der Waals surface area contributed by atoms with E-state index in [1.165, 1.54) is 37.9 Å². The second-order valence-electron chi connectivity index (χ2n) is 4.25. The average Bonchev–Trinajstić information content (AvgIpc) is 2.32. The molecule has 0 radical (unpaired) electrons. The molecular weight excluding hydrogens is 220 g/mol. The Balaban J connectivity index is 0.00000128. The van der Waals surface area contributed by atoms with Crippen molar-refractivity contribution < 1.29 is 0 Å². The molecule has 0 aliphatic carbocycles. The van der Waals surface area contributed by atoms with Crippen LogP contribution in [-0.4, -0.2) is 24.7 Å². The van der Waals surface area contributed by atoms with Gasteiger partial charge in [-0.25, -0.2) is 0 Å². The van der Waals surface area contributed by atoms with Crippen molar-refractivity contribution in [3.8, 4) is 0 Å². The fraction of sp³-hybridized carbons (Fsp3) is 0.538. The van der Waals surface area contributed by atoms with Crippen molar-refractivity contribution in [3.63, 3.8) is 0 Å². The maximum absolute atomic E-state index is 3.50. The van der Waals surface area contributed by atoms with Gasteiger partial charge in [-0.15, -0.1) is 12.4 Å². The number of rotatable bonds is 4. The van der Waals surface area contributed by atoms with Crippen molar-refractivity contribution in [2.24, 2.45) is 0 Å². The fourth-order valence-corrected chi connectivity index (χ4v) is 2.07. The zero-order chi connectivity index (χ0) is 10.3. The molecular formula is C13H21ClN2. The molecule has 1 aromatic carbocycles. The summed E-state index contributed by atoms with van der Waals surface area (Å²) in [6.07, 6.45) is 4.15. The summed E-state index contributed by atoms with van der Waals surface area (Å²) in [4.78, 5) is 2.51. The maximum atomic E-state index is 3.50. The third-order valence-electron chi connectivity index (χ3n) is 2.96. The van der Waals surface area contributed by atoms with Crippen LogP contribution < -0.4 is 5.32 Å². The summed E-state index contributed by atoms with van der Waals surface area (Å²) in [5.74, 6) is 0. The van der Waals surface area contributed by atoms with Gasteiger partial charge in [0.25, 0.3) is 0 Å². The first kappa shape index (κ1) is 13.5. The van der Waals surface area contributed by atoms with E-state index in [0.29, 0.717) is 0 Å². The van der Waals surface area contributed by atoms with Crippen LogP contribution in [0.15, 0.2) is 30.3 Å². The summed E-state index contributed by atoms with van der Waals surface area (Å²) in [5, 5.41) is 3.50. The largest absolute Gasteiger partial charge is 0.300 e. The molecule has 1 aliphatic rings. The van der Waals surface area contributed by atoms with Gasteiger partial charge < -0.3 is 5.32 Å². The number of nitrogens with zero attached hydrogens (tertiary/aromatic N) is 1. The number of piperidine rings is 1. The number of hydrogen-bond acceptors (Lipinski definition) is 2. The fourth-order valence-electron chi connectivity index (χ4n) is 2.07. The first-order chi connectivity index (χ1) is 7.45. The highest BCUT2D eigenvalue weighted by molar-refractivity contribution is 5.85. The van der Waals surface area contributed by atoms with Crippen LogP contribution in [0.2, 0.25) is 0 Å². The van der Waals surface area contributed by atoms with Crippen LogP contribution in [0.4, 0.5) is 0 Å². The molecule has 0 atom stereocenters. The van der Waals surface area contributed by atoms with Crippen LogP contribution in [0.3, 0.4) is 0 Å². The molecule has 3 heteroatoms. The van der Waals surface area contributed by atoms with Gasteiger partial charge in [0, 0.05) is 13.2 Å². The molecule has 2 nitrogen and oxygen atoms in total. The Kier molecular flexibility index (Phi) is 6.46. The standard InChI is InChI=1S/C13H20N2.ClH/c1-3-7-13(8-4-1)11-14-12-15-9-5-2-6-10-15;/h1,3-4,7-8,14H,2,5-6,9-12H2;1H. The van der Waals surface area contributed by atoms with Crippen LogP contribution >= 0.6 is 12.4 Å². The number of halogens is 1. The number of hydrogen-bond donors (Lipinski definition) is 1. The SMILES string of the molecule is Cl.c1ccc(CNCN2CCCCC2)cc1. The summed E-state index contributed by atoms with van der Waals surface area (Å²) < 4.78 is 0. The smallest absolute Gasteiger partial charge is 0.0483 e. The predicted molar refractivity (Wildman–Crippen MR) is 70.8 cm³/mol. The lowest BCUT2D eigenvalue weighted by atomic mass is 10.1. The second-order valence-corrected chi connectivity index (χ2v) is 4.25. The molecule has 0 unspecified atom stereocenters. The zero-order valence-corrected chi connectivity index (χ0v) is 10.5. The molecule has 90 valence electrons. The topological polar surface area (TPSA) is 15.3 Å². The van der Waals surface area contributed by atoms with E-state index < -0.39 is 0 Å². The molecule has 0 amide bonds. The lowest BCUT2D eigenvalue weighted by Gasteiger charge is -2.26. The lowest BCUT2D eigenvalue weighted by molar-refractivity contribution is 0.212. The van der Waals surface area contributed by atoms with E-state index in [0.717, 1.165) is 13.2 Å². The van der Waals surface area contributed by atoms with E-state index in [-0.39, 0.29) is 12.4 Å². The molecule has 0 bridgehead atoms. The van der Waals surface area contributed by atoms with Crippen molar-refractivity contribution in [1.82, 2.24) is 10.2 Å². The summed E-state index contributed by atoms with van der Waals surface area (Å²) in [6, 6.07) is 10.6. The van der Waals surface area contributed by atoms with Gasteiger partial charge >= 0.3 is 0 Å². The third-order valence-corrected chi connectivity index (χ3v) is 2.96. The van der Waals surface area contributed by atoms with Crippen molar-refractivity contribution in [1.29, 1.82) is 0 Å². The van der Waals surface area contributed by atoms with Crippen LogP contribution in [0.25, 0.3) is 0 Å². The van der Waals surface area contributed by atoms with Gasteiger partial charge in [0.1, 0.15) is 0 Å². The number of benzene rings is 1. The van der Waals surface area contributed by atoms with Crippen LogP contribution in [0, 0.1) is 0 Å². The molecule has 0 saturated carbocycles. The van der Waals surface area contributed by atoms with Gasteiger partial charge in [0.05, 0.1) is 0 Å². The van der Waals surface area contributed by atoms with E-state index in [9.17, 15) is 0 Å². The van der Waals surface area contributed by atoms with Crippen molar-refractivity contribution in [3.05, 3.63) is 35.9 Å². The normalized spacial score (nSPS) is 16.8. The Morgan fingerprint density at radius 1 is 1.00 bits per heavy atom. The number of likely N-dealkylation sites (tertiary alicyclic amines) is 1. The monoisotopic (exact) mass is 240 g/mol. The van der Waals surface area contributed by atoms with E-state index in [1.807, 2.05) is 0 Å². The van der Waals surface area contributed by atoms with Gasteiger partial charge in [0.2, 0.25) is 0 Å². The molecule has 1 aromatic rings. The molecule has 1 fully saturated rings. The van der Waals surface area contributed by atoms with Gasteiger partial charge in [0.15, 0.2) is 0 Å². The molecule has 0 aromatic heterocycles. The lowest BCUT2D eigenvalue weighted by Crippen LogP contribution is -2.37. The minimum absolute atomic E-state index is 0. The van der Waals surface area contributed by atoms with Crippen LogP contribution in [0.5, 0.6) is 0 Å². The Hall–Kier alpha value is -0.570. The Bertz CT molecular complexity index is 271. The third kappa shape index (κ3) is 4.52. The van der Waals surface area contributed by atoms with Crippen molar-refractivity contribution >= 4 is 12.4 Å². The van der Waals surface area contributed by atoms with Gasteiger partial charge in [-0.1, -0.05) is 36.8 Å². The predicted octanol–water partition coefficient (Wildman–Crippen LogP) is 2.64. The second kappa shape index (κ2) is 7.66. The molecule has 1 aliphatic heterocycles. The highest BCUT2D eigenvalue weighted by Crippen LogP contribution is 2.07. The molecule has 2 rings (SSSR count). The van der Waals surface area contributed by atoms with E-state index >= 15 is 0 Å². The summed E-state index contributed by atoms with van der Waals surface area (Å²) >= 11 is 0. The molecule has 1 heterocycles. The molecule has 1 saturated heterocycles. The van der Waals surface area contributed by atoms with Crippen molar-refractivity contribution in [2.45, 2.75) is 25.8 Å². The molecule has 0 spiro atoms. The Morgan fingerprint density at radius 2 is 1.69 bits per heavy atom. The maximum Gasteiger partial charge on any atom is 0.0483 e. The van der Waals surface area contributed by atoms with E-state index in [1.54, 1.807) is 0 Å².